The number of rotatable bonds is 25. The lowest BCUT2D eigenvalue weighted by molar-refractivity contribution is -0.910. The molecule has 0 radical (unpaired) electrons. The van der Waals surface area contributed by atoms with Crippen molar-refractivity contribution in [3.63, 3.8) is 0 Å². The normalized spacial score (nSPS) is 14.6. The second kappa shape index (κ2) is 22.0. The van der Waals surface area contributed by atoms with Crippen molar-refractivity contribution in [2.24, 2.45) is 0 Å². The van der Waals surface area contributed by atoms with Crippen LogP contribution in [0.2, 0.25) is 0 Å². The van der Waals surface area contributed by atoms with Crippen LogP contribution in [0.3, 0.4) is 0 Å². The van der Waals surface area contributed by atoms with Crippen molar-refractivity contribution in [3.05, 3.63) is 12.2 Å². The van der Waals surface area contributed by atoms with E-state index in [1.54, 1.807) is 0 Å². The highest BCUT2D eigenvalue weighted by molar-refractivity contribution is 7.38. The fraction of sp³-hybridized carbons (Fsp3) is 0.933. The van der Waals surface area contributed by atoms with E-state index in [2.05, 4.69) is 26.0 Å². The largest absolute Gasteiger partial charge is 0.590 e. The van der Waals surface area contributed by atoms with Crippen LogP contribution in [0.1, 0.15) is 155 Å². The summed E-state index contributed by atoms with van der Waals surface area (Å²) in [6.45, 7) is 4.38. The van der Waals surface area contributed by atoms with E-state index in [1.807, 2.05) is 21.1 Å². The molecule has 0 aromatic carbocycles. The molecule has 0 aliphatic rings. The minimum absolute atomic E-state index is 0.517. The van der Waals surface area contributed by atoms with Crippen molar-refractivity contribution in [3.8, 4) is 0 Å². The number of hydrogen-bond acceptors (Lipinski definition) is 2. The van der Waals surface area contributed by atoms with Gasteiger partial charge in [0.1, 0.15) is 0 Å². The van der Waals surface area contributed by atoms with Gasteiger partial charge >= 0.3 is 8.03 Å². The van der Waals surface area contributed by atoms with Crippen LogP contribution in [-0.4, -0.2) is 30.9 Å². The molecule has 0 bridgehead atoms. The van der Waals surface area contributed by atoms with Crippen molar-refractivity contribution < 1.29 is 13.9 Å². The summed E-state index contributed by atoms with van der Waals surface area (Å²) in [6.07, 6.45) is 32.6. The van der Waals surface area contributed by atoms with E-state index in [9.17, 15) is 9.46 Å². The molecule has 0 saturated heterocycles. The van der Waals surface area contributed by atoms with Crippen molar-refractivity contribution >= 4 is 8.03 Å². The molecule has 0 fully saturated rings. The SMILES string of the molecule is CCCCCCCCCCCCCCC=CCCCCCCCC(CCC)([P+](=O)[O-])[N+](C)(C)C. The fourth-order valence-corrected chi connectivity index (χ4v) is 6.40. The van der Waals surface area contributed by atoms with Crippen LogP contribution in [0.25, 0.3) is 0 Å². The Morgan fingerprint density at radius 1 is 0.588 bits per heavy atom. The van der Waals surface area contributed by atoms with Gasteiger partial charge in [-0.2, -0.15) is 0 Å². The van der Waals surface area contributed by atoms with Crippen LogP contribution >= 0.6 is 8.03 Å². The first-order valence-electron chi connectivity index (χ1n) is 14.9. The summed E-state index contributed by atoms with van der Waals surface area (Å²) in [6, 6.07) is 0. The third-order valence-electron chi connectivity index (χ3n) is 7.58. The zero-order chi connectivity index (χ0) is 25.5. The fourth-order valence-electron chi connectivity index (χ4n) is 5.16. The third kappa shape index (κ3) is 16.4. The number of nitrogens with zero attached hydrogens (tertiary/aromatic N) is 1. The molecule has 34 heavy (non-hydrogen) atoms. The van der Waals surface area contributed by atoms with Crippen molar-refractivity contribution in [1.29, 1.82) is 0 Å². The van der Waals surface area contributed by atoms with Gasteiger partial charge in [-0.05, 0) is 38.5 Å². The Bertz CT molecular complexity index is 501. The van der Waals surface area contributed by atoms with E-state index in [4.69, 9.17) is 0 Å². The number of unbranched alkanes of at least 4 members (excludes halogenated alkanes) is 17. The van der Waals surface area contributed by atoms with Gasteiger partial charge < -0.3 is 4.89 Å². The predicted molar refractivity (Wildman–Crippen MR) is 150 cm³/mol. The summed E-state index contributed by atoms with van der Waals surface area (Å²) in [7, 11) is 3.67. The minimum atomic E-state index is -2.43. The van der Waals surface area contributed by atoms with E-state index in [-0.39, 0.29) is 0 Å². The molecule has 202 valence electrons. The van der Waals surface area contributed by atoms with E-state index < -0.39 is 13.3 Å². The summed E-state index contributed by atoms with van der Waals surface area (Å²) in [4.78, 5) is 12.1. The molecule has 0 heterocycles. The maximum Gasteiger partial charge on any atom is 0.376 e. The Balaban J connectivity index is 3.59. The summed E-state index contributed by atoms with van der Waals surface area (Å²) in [5, 5.41) is -0.597. The van der Waals surface area contributed by atoms with Gasteiger partial charge in [0.25, 0.3) is 5.28 Å². The maximum absolute atomic E-state index is 12.1. The van der Waals surface area contributed by atoms with E-state index in [0.717, 1.165) is 32.1 Å². The molecular formula is C30H61NO2P+. The first-order valence-corrected chi connectivity index (χ1v) is 16.1. The number of allylic oxidation sites excluding steroid dienone is 2. The monoisotopic (exact) mass is 498 g/mol. The molecule has 0 amide bonds. The number of hydrogen-bond donors (Lipinski definition) is 0. The lowest BCUT2D eigenvalue weighted by Gasteiger charge is -2.39. The molecule has 0 aliphatic carbocycles. The summed E-state index contributed by atoms with van der Waals surface area (Å²) < 4.78 is 12.6. The Hall–Kier alpha value is -0.240. The Morgan fingerprint density at radius 2 is 0.971 bits per heavy atom. The van der Waals surface area contributed by atoms with Gasteiger partial charge in [0.2, 0.25) is 0 Å². The average molecular weight is 499 g/mol. The smallest absolute Gasteiger partial charge is 0.376 e. The second-order valence-corrected chi connectivity index (χ2v) is 12.8. The van der Waals surface area contributed by atoms with E-state index >= 15 is 0 Å². The molecular weight excluding hydrogens is 437 g/mol. The zero-order valence-electron chi connectivity index (χ0n) is 23.9. The molecule has 2 unspecified atom stereocenters. The van der Waals surface area contributed by atoms with Gasteiger partial charge in [-0.25, -0.2) is 0 Å². The van der Waals surface area contributed by atoms with Crippen LogP contribution in [0, 0.1) is 0 Å². The highest BCUT2D eigenvalue weighted by Crippen LogP contribution is 2.45. The lowest BCUT2D eigenvalue weighted by Crippen LogP contribution is -2.55. The topological polar surface area (TPSA) is 40.1 Å². The van der Waals surface area contributed by atoms with Crippen LogP contribution in [0.4, 0.5) is 0 Å². The summed E-state index contributed by atoms with van der Waals surface area (Å²) in [5.41, 5.74) is 0. The quantitative estimate of drug-likeness (QED) is 0.0544. The van der Waals surface area contributed by atoms with Crippen LogP contribution < -0.4 is 4.89 Å². The third-order valence-corrected chi connectivity index (χ3v) is 9.30. The molecule has 0 spiro atoms. The molecule has 0 aromatic heterocycles. The first-order chi connectivity index (χ1) is 16.3. The van der Waals surface area contributed by atoms with Gasteiger partial charge in [0.15, 0.2) is 0 Å². The van der Waals surface area contributed by atoms with Crippen LogP contribution in [0.15, 0.2) is 12.2 Å². The van der Waals surface area contributed by atoms with Crippen molar-refractivity contribution in [2.75, 3.05) is 21.1 Å². The second-order valence-electron chi connectivity index (χ2n) is 11.5. The van der Waals surface area contributed by atoms with Crippen LogP contribution in [0.5, 0.6) is 0 Å². The molecule has 0 rings (SSSR count). The molecule has 2 atom stereocenters. The Labute approximate surface area is 215 Å². The van der Waals surface area contributed by atoms with Gasteiger partial charge in [-0.1, -0.05) is 120 Å². The highest BCUT2D eigenvalue weighted by atomic mass is 31.1. The summed E-state index contributed by atoms with van der Waals surface area (Å²) in [5.74, 6) is 0. The molecule has 0 N–H and O–H groups in total. The lowest BCUT2D eigenvalue weighted by atomic mass is 9.99. The molecule has 0 aliphatic heterocycles. The molecule has 0 aromatic rings. The molecule has 4 heteroatoms. The van der Waals surface area contributed by atoms with Crippen molar-refractivity contribution in [2.45, 2.75) is 160 Å². The van der Waals surface area contributed by atoms with E-state index in [0.29, 0.717) is 4.48 Å². The summed E-state index contributed by atoms with van der Waals surface area (Å²) >= 11 is 0. The Kier molecular flexibility index (Phi) is 21.8. The van der Waals surface area contributed by atoms with Gasteiger partial charge in [0.05, 0.1) is 21.1 Å². The zero-order valence-corrected chi connectivity index (χ0v) is 24.8. The van der Waals surface area contributed by atoms with Gasteiger partial charge in [-0.15, -0.1) is 0 Å². The average Bonchev–Trinajstić information content (AvgIpc) is 2.78. The van der Waals surface area contributed by atoms with Gasteiger partial charge in [0, 0.05) is 12.8 Å². The molecule has 0 saturated carbocycles. The van der Waals surface area contributed by atoms with Crippen molar-refractivity contribution in [1.82, 2.24) is 0 Å². The van der Waals surface area contributed by atoms with E-state index in [1.165, 1.54) is 109 Å². The molecule has 3 nitrogen and oxygen atoms in total. The number of quaternary nitrogens is 1. The minimum Gasteiger partial charge on any atom is -0.590 e. The van der Waals surface area contributed by atoms with Gasteiger partial charge in [-0.3, -0.25) is 4.48 Å². The van der Waals surface area contributed by atoms with Crippen LogP contribution in [-0.2, 0) is 4.57 Å². The maximum atomic E-state index is 12.1. The predicted octanol–water partition coefficient (Wildman–Crippen LogP) is 9.67. The highest BCUT2D eigenvalue weighted by Gasteiger charge is 2.53. The first kappa shape index (κ1) is 33.8. The standard InChI is InChI=1S/C30H61NO2P/c1-6-8-9-10-11-12-13-14-15-16-17-18-19-20-21-22-23-24-25-26-27-29-30(28-7-2,34(32)33)31(3,4)5/h20-21H,6-19,22-29H2,1-5H3/q+1. The Morgan fingerprint density at radius 3 is 1.32 bits per heavy atom.